The molecule has 0 saturated carbocycles. The van der Waals surface area contributed by atoms with Crippen molar-refractivity contribution < 1.29 is 4.42 Å². The van der Waals surface area contributed by atoms with Gasteiger partial charge in [-0.15, -0.1) is 11.8 Å². The molecule has 0 aliphatic rings. The summed E-state index contributed by atoms with van der Waals surface area (Å²) in [5.41, 5.74) is 3.57. The summed E-state index contributed by atoms with van der Waals surface area (Å²) in [5.74, 6) is 0. The predicted octanol–water partition coefficient (Wildman–Crippen LogP) is 6.51. The van der Waals surface area contributed by atoms with Crippen molar-refractivity contribution in [2.24, 2.45) is 0 Å². The molecule has 3 aromatic carbocycles. The molecule has 4 aromatic rings. The topological polar surface area (TPSA) is 13.1 Å². The maximum atomic E-state index is 5.79. The van der Waals surface area contributed by atoms with Crippen molar-refractivity contribution in [1.82, 2.24) is 0 Å². The third-order valence-electron chi connectivity index (χ3n) is 4.14. The number of hydrogen-bond donors (Lipinski definition) is 0. The molecule has 4 rings (SSSR count). The van der Waals surface area contributed by atoms with E-state index < -0.39 is 0 Å². The Hall–Kier alpha value is -2.45. The molecule has 0 aliphatic heterocycles. The highest BCUT2D eigenvalue weighted by Gasteiger charge is 2.19. The van der Waals surface area contributed by atoms with Crippen LogP contribution in [-0.2, 0) is 6.42 Å². The summed E-state index contributed by atoms with van der Waals surface area (Å²) in [6, 6.07) is 29.5. The first-order valence-corrected chi connectivity index (χ1v) is 9.00. The van der Waals surface area contributed by atoms with Gasteiger partial charge >= 0.3 is 0 Å². The largest absolute Gasteiger partial charge is 0.464 e. The third-order valence-corrected chi connectivity index (χ3v) is 5.39. The average Bonchev–Trinajstić information content (AvgIpc) is 3.07. The highest BCUT2D eigenvalue weighted by Crippen LogP contribution is 2.41. The summed E-state index contributed by atoms with van der Waals surface area (Å²) in [7, 11) is 0. The lowest BCUT2D eigenvalue weighted by atomic mass is 10.0. The number of rotatable bonds is 5. The van der Waals surface area contributed by atoms with Crippen molar-refractivity contribution in [3.63, 3.8) is 0 Å². The van der Waals surface area contributed by atoms with E-state index in [0.29, 0.717) is 5.25 Å². The Labute approximate surface area is 146 Å². The number of para-hydroxylation sites is 1. The molecule has 1 aromatic heterocycles. The van der Waals surface area contributed by atoms with Crippen molar-refractivity contribution in [3.8, 4) is 0 Å². The molecule has 0 spiro atoms. The van der Waals surface area contributed by atoms with Crippen LogP contribution in [0.4, 0.5) is 0 Å². The Morgan fingerprint density at radius 2 is 1.42 bits per heavy atom. The molecule has 0 radical (unpaired) electrons. The first-order chi connectivity index (χ1) is 11.9. The zero-order chi connectivity index (χ0) is 16.2. The van der Waals surface area contributed by atoms with Gasteiger partial charge in [-0.25, -0.2) is 0 Å². The first-order valence-electron chi connectivity index (χ1n) is 8.12. The van der Waals surface area contributed by atoms with Gasteiger partial charge in [0.05, 0.1) is 6.26 Å². The van der Waals surface area contributed by atoms with Gasteiger partial charge in [0.1, 0.15) is 5.58 Å². The second kappa shape index (κ2) is 6.98. The van der Waals surface area contributed by atoms with E-state index in [1.54, 1.807) is 0 Å². The number of fused-ring (bicyclic) bond motifs is 1. The van der Waals surface area contributed by atoms with Crippen LogP contribution in [0.3, 0.4) is 0 Å². The number of benzene rings is 3. The Morgan fingerprint density at radius 1 is 0.750 bits per heavy atom. The van der Waals surface area contributed by atoms with Gasteiger partial charge < -0.3 is 4.42 Å². The number of hydrogen-bond acceptors (Lipinski definition) is 2. The van der Waals surface area contributed by atoms with Gasteiger partial charge in [0.15, 0.2) is 0 Å². The van der Waals surface area contributed by atoms with E-state index in [0.717, 1.165) is 12.0 Å². The average molecular weight is 330 g/mol. The molecule has 24 heavy (non-hydrogen) atoms. The highest BCUT2D eigenvalue weighted by molar-refractivity contribution is 7.99. The molecule has 118 valence electrons. The maximum Gasteiger partial charge on any atom is 0.134 e. The summed E-state index contributed by atoms with van der Waals surface area (Å²) in [4.78, 5) is 1.28. The molecular weight excluding hydrogens is 312 g/mol. The van der Waals surface area contributed by atoms with Crippen LogP contribution >= 0.6 is 11.8 Å². The minimum atomic E-state index is 0.318. The van der Waals surface area contributed by atoms with Crippen molar-refractivity contribution in [2.75, 3.05) is 0 Å². The summed E-state index contributed by atoms with van der Waals surface area (Å²) in [6.07, 6.45) is 2.90. The van der Waals surface area contributed by atoms with Crippen molar-refractivity contribution in [1.29, 1.82) is 0 Å². The quantitative estimate of drug-likeness (QED) is 0.387. The highest BCUT2D eigenvalue weighted by atomic mass is 32.2. The van der Waals surface area contributed by atoms with Gasteiger partial charge in [0.25, 0.3) is 0 Å². The Bertz CT molecular complexity index is 871. The van der Waals surface area contributed by atoms with E-state index in [9.17, 15) is 0 Å². The minimum absolute atomic E-state index is 0.318. The first kappa shape index (κ1) is 15.1. The number of thioether (sulfide) groups is 1. The van der Waals surface area contributed by atoms with Gasteiger partial charge in [0, 0.05) is 21.1 Å². The lowest BCUT2D eigenvalue weighted by molar-refractivity contribution is 0.609. The second-order valence-corrected chi connectivity index (χ2v) is 7.07. The molecule has 0 N–H and O–H groups in total. The van der Waals surface area contributed by atoms with Crippen LogP contribution in [0.15, 0.2) is 101 Å². The van der Waals surface area contributed by atoms with E-state index in [2.05, 4.69) is 72.8 Å². The fourth-order valence-corrected chi connectivity index (χ4v) is 4.18. The van der Waals surface area contributed by atoms with Crippen LogP contribution in [0.25, 0.3) is 11.0 Å². The Kier molecular flexibility index (Phi) is 4.39. The Morgan fingerprint density at radius 3 is 2.21 bits per heavy atom. The van der Waals surface area contributed by atoms with Gasteiger partial charge in [-0.1, -0.05) is 66.7 Å². The standard InChI is InChI=1S/C22H18OS/c1-3-9-17(10-4-1)15-22(24-18-11-5-2-6-12-18)20-16-23-21-14-8-7-13-19(20)21/h1-14,16,22H,15H2. The van der Waals surface area contributed by atoms with Crippen molar-refractivity contribution in [3.05, 3.63) is 102 Å². The van der Waals surface area contributed by atoms with E-state index >= 15 is 0 Å². The van der Waals surface area contributed by atoms with Crippen LogP contribution < -0.4 is 0 Å². The van der Waals surface area contributed by atoms with E-state index in [1.165, 1.54) is 21.4 Å². The lowest BCUT2D eigenvalue weighted by Gasteiger charge is -2.16. The lowest BCUT2D eigenvalue weighted by Crippen LogP contribution is -1.98. The minimum Gasteiger partial charge on any atom is -0.464 e. The van der Waals surface area contributed by atoms with Gasteiger partial charge in [-0.3, -0.25) is 0 Å². The third kappa shape index (κ3) is 3.24. The van der Waals surface area contributed by atoms with E-state index in [4.69, 9.17) is 4.42 Å². The molecule has 0 fully saturated rings. The van der Waals surface area contributed by atoms with Crippen LogP contribution in [0.1, 0.15) is 16.4 Å². The summed E-state index contributed by atoms with van der Waals surface area (Å²) >= 11 is 1.90. The molecular formula is C22H18OS. The predicted molar refractivity (Wildman–Crippen MR) is 101 cm³/mol. The van der Waals surface area contributed by atoms with Crippen LogP contribution in [0.5, 0.6) is 0 Å². The summed E-state index contributed by atoms with van der Waals surface area (Å²) in [6.45, 7) is 0. The van der Waals surface area contributed by atoms with Crippen LogP contribution in [-0.4, -0.2) is 0 Å². The Balaban J connectivity index is 1.72. The maximum absolute atomic E-state index is 5.79. The second-order valence-electron chi connectivity index (χ2n) is 5.80. The van der Waals surface area contributed by atoms with E-state index in [1.807, 2.05) is 30.2 Å². The summed E-state index contributed by atoms with van der Waals surface area (Å²) < 4.78 is 5.79. The summed E-state index contributed by atoms with van der Waals surface area (Å²) in [5, 5.41) is 1.53. The van der Waals surface area contributed by atoms with E-state index in [-0.39, 0.29) is 0 Å². The molecule has 1 heterocycles. The molecule has 0 amide bonds. The normalized spacial score (nSPS) is 12.3. The fourth-order valence-electron chi connectivity index (χ4n) is 2.95. The van der Waals surface area contributed by atoms with Crippen molar-refractivity contribution in [2.45, 2.75) is 16.6 Å². The molecule has 0 saturated heterocycles. The zero-order valence-corrected chi connectivity index (χ0v) is 14.1. The van der Waals surface area contributed by atoms with Gasteiger partial charge in [-0.05, 0) is 30.2 Å². The van der Waals surface area contributed by atoms with Crippen LogP contribution in [0, 0.1) is 0 Å². The monoisotopic (exact) mass is 330 g/mol. The number of furan rings is 1. The molecule has 1 unspecified atom stereocenters. The molecule has 1 nitrogen and oxygen atoms in total. The fraction of sp³-hybridized carbons (Fsp3) is 0.0909. The molecule has 2 heteroatoms. The van der Waals surface area contributed by atoms with Gasteiger partial charge in [-0.2, -0.15) is 0 Å². The molecule has 0 aliphatic carbocycles. The van der Waals surface area contributed by atoms with Gasteiger partial charge in [0.2, 0.25) is 0 Å². The zero-order valence-electron chi connectivity index (χ0n) is 13.3. The molecule has 0 bridgehead atoms. The smallest absolute Gasteiger partial charge is 0.134 e. The van der Waals surface area contributed by atoms with Crippen molar-refractivity contribution >= 4 is 22.7 Å². The molecule has 1 atom stereocenters. The van der Waals surface area contributed by atoms with Crippen LogP contribution in [0.2, 0.25) is 0 Å². The SMILES string of the molecule is c1ccc(CC(Sc2ccccc2)c2coc3ccccc23)cc1.